The van der Waals surface area contributed by atoms with Gasteiger partial charge >= 0.3 is 5.97 Å². The Hall–Kier alpha value is -0.660. The second-order valence-corrected chi connectivity index (χ2v) is 7.42. The minimum atomic E-state index is -3.68. The Kier molecular flexibility index (Phi) is 5.76. The molecule has 1 fully saturated rings. The molecule has 1 aliphatic rings. The van der Waals surface area contributed by atoms with Crippen LogP contribution in [0.1, 0.15) is 40.0 Å². The van der Waals surface area contributed by atoms with Gasteiger partial charge in [-0.25, -0.2) is 0 Å². The maximum Gasteiger partial charge on any atom is 0.318 e. The first kappa shape index (κ1) is 16.4. The van der Waals surface area contributed by atoms with E-state index in [4.69, 9.17) is 5.11 Å². The lowest BCUT2D eigenvalue weighted by molar-refractivity contribution is -0.137. The fourth-order valence-electron chi connectivity index (χ4n) is 2.36. The SMILES string of the molecule is CC(C)CN(CC(=O)O)S(=O)(=O)N1CCCCC1C. The highest BCUT2D eigenvalue weighted by atomic mass is 32.2. The summed E-state index contributed by atoms with van der Waals surface area (Å²) in [6.07, 6.45) is 2.70. The van der Waals surface area contributed by atoms with Gasteiger partial charge in [0.25, 0.3) is 10.2 Å². The molecule has 1 saturated heterocycles. The molecule has 0 aromatic carbocycles. The van der Waals surface area contributed by atoms with Crippen molar-refractivity contribution < 1.29 is 18.3 Å². The average molecular weight is 292 g/mol. The Balaban J connectivity index is 2.93. The Morgan fingerprint density at radius 1 is 1.42 bits per heavy atom. The van der Waals surface area contributed by atoms with E-state index < -0.39 is 22.7 Å². The van der Waals surface area contributed by atoms with E-state index in [-0.39, 0.29) is 18.5 Å². The molecule has 1 N–H and O–H groups in total. The lowest BCUT2D eigenvalue weighted by Crippen LogP contribution is -2.51. The van der Waals surface area contributed by atoms with E-state index in [0.717, 1.165) is 23.6 Å². The highest BCUT2D eigenvalue weighted by molar-refractivity contribution is 7.86. The summed E-state index contributed by atoms with van der Waals surface area (Å²) in [7, 11) is -3.68. The van der Waals surface area contributed by atoms with Gasteiger partial charge in [0.15, 0.2) is 0 Å². The molecule has 0 aromatic heterocycles. The van der Waals surface area contributed by atoms with Crippen molar-refractivity contribution in [2.45, 2.75) is 46.1 Å². The first-order valence-corrected chi connectivity index (χ1v) is 8.13. The number of rotatable bonds is 6. The van der Waals surface area contributed by atoms with Gasteiger partial charge in [0.05, 0.1) is 0 Å². The molecule has 0 amide bonds. The third-order valence-electron chi connectivity index (χ3n) is 3.25. The van der Waals surface area contributed by atoms with Gasteiger partial charge in [-0.15, -0.1) is 0 Å². The minimum absolute atomic E-state index is 0.0535. The van der Waals surface area contributed by atoms with Crippen molar-refractivity contribution in [2.24, 2.45) is 5.92 Å². The van der Waals surface area contributed by atoms with E-state index in [1.807, 2.05) is 20.8 Å². The van der Waals surface area contributed by atoms with Gasteiger partial charge in [-0.3, -0.25) is 4.79 Å². The number of hydrogen-bond donors (Lipinski definition) is 1. The third-order valence-corrected chi connectivity index (χ3v) is 5.31. The van der Waals surface area contributed by atoms with Crippen LogP contribution in [0.4, 0.5) is 0 Å². The second-order valence-electron chi connectivity index (χ2n) is 5.54. The molecule has 1 unspecified atom stereocenters. The summed E-state index contributed by atoms with van der Waals surface area (Å²) in [5.41, 5.74) is 0. The number of carbonyl (C=O) groups is 1. The van der Waals surface area contributed by atoms with Gasteiger partial charge in [-0.2, -0.15) is 17.0 Å². The normalized spacial score (nSPS) is 22.1. The van der Waals surface area contributed by atoms with Crippen molar-refractivity contribution in [1.82, 2.24) is 8.61 Å². The Morgan fingerprint density at radius 2 is 2.05 bits per heavy atom. The van der Waals surface area contributed by atoms with Crippen molar-refractivity contribution in [2.75, 3.05) is 19.6 Å². The van der Waals surface area contributed by atoms with Gasteiger partial charge in [-0.05, 0) is 25.7 Å². The van der Waals surface area contributed by atoms with Gasteiger partial charge in [0.2, 0.25) is 0 Å². The van der Waals surface area contributed by atoms with Crippen LogP contribution in [0.5, 0.6) is 0 Å². The highest BCUT2D eigenvalue weighted by Crippen LogP contribution is 2.22. The fourth-order valence-corrected chi connectivity index (χ4v) is 4.34. The van der Waals surface area contributed by atoms with E-state index >= 15 is 0 Å². The molecule has 112 valence electrons. The molecule has 0 radical (unpaired) electrons. The monoisotopic (exact) mass is 292 g/mol. The van der Waals surface area contributed by atoms with Crippen molar-refractivity contribution in [3.8, 4) is 0 Å². The molecule has 19 heavy (non-hydrogen) atoms. The number of piperidine rings is 1. The standard InChI is InChI=1S/C12H24N2O4S/c1-10(2)8-13(9-12(15)16)19(17,18)14-7-5-4-6-11(14)3/h10-11H,4-9H2,1-3H3,(H,15,16). The van der Waals surface area contributed by atoms with Crippen LogP contribution in [-0.2, 0) is 15.0 Å². The summed E-state index contributed by atoms with van der Waals surface area (Å²) in [4.78, 5) is 10.9. The zero-order valence-corrected chi connectivity index (χ0v) is 12.7. The van der Waals surface area contributed by atoms with Gasteiger partial charge in [0.1, 0.15) is 6.54 Å². The van der Waals surface area contributed by atoms with Crippen LogP contribution >= 0.6 is 0 Å². The van der Waals surface area contributed by atoms with Crippen molar-refractivity contribution in [3.63, 3.8) is 0 Å². The smallest absolute Gasteiger partial charge is 0.318 e. The summed E-state index contributed by atoms with van der Waals surface area (Å²) >= 11 is 0. The molecule has 1 rings (SSSR count). The topological polar surface area (TPSA) is 77.9 Å². The molecule has 0 saturated carbocycles. The van der Waals surface area contributed by atoms with E-state index in [0.29, 0.717) is 6.54 Å². The Morgan fingerprint density at radius 3 is 2.53 bits per heavy atom. The van der Waals surface area contributed by atoms with Crippen LogP contribution in [0, 0.1) is 5.92 Å². The fraction of sp³-hybridized carbons (Fsp3) is 0.917. The van der Waals surface area contributed by atoms with E-state index in [2.05, 4.69) is 0 Å². The molecule has 0 bridgehead atoms. The average Bonchev–Trinajstić information content (AvgIpc) is 2.27. The maximum absolute atomic E-state index is 12.6. The van der Waals surface area contributed by atoms with Crippen molar-refractivity contribution >= 4 is 16.2 Å². The van der Waals surface area contributed by atoms with Crippen LogP contribution in [0.2, 0.25) is 0 Å². The summed E-state index contributed by atoms with van der Waals surface area (Å²) in [5.74, 6) is -1.02. The van der Waals surface area contributed by atoms with E-state index in [1.165, 1.54) is 4.31 Å². The predicted molar refractivity (Wildman–Crippen MR) is 73.0 cm³/mol. The van der Waals surface area contributed by atoms with Gasteiger partial charge in [0, 0.05) is 19.1 Å². The van der Waals surface area contributed by atoms with E-state index in [9.17, 15) is 13.2 Å². The number of hydrogen-bond acceptors (Lipinski definition) is 3. The van der Waals surface area contributed by atoms with Crippen LogP contribution in [-0.4, -0.2) is 53.8 Å². The van der Waals surface area contributed by atoms with E-state index in [1.54, 1.807) is 0 Å². The summed E-state index contributed by atoms with van der Waals surface area (Å²) < 4.78 is 27.6. The second kappa shape index (κ2) is 6.67. The lowest BCUT2D eigenvalue weighted by Gasteiger charge is -2.36. The summed E-state index contributed by atoms with van der Waals surface area (Å²) in [6, 6.07) is -0.0535. The Labute approximate surface area is 115 Å². The van der Waals surface area contributed by atoms with Crippen LogP contribution < -0.4 is 0 Å². The molecule has 0 aromatic rings. The summed E-state index contributed by atoms with van der Waals surface area (Å²) in [6.45, 7) is 5.89. The highest BCUT2D eigenvalue weighted by Gasteiger charge is 2.35. The zero-order valence-electron chi connectivity index (χ0n) is 11.9. The lowest BCUT2D eigenvalue weighted by atomic mass is 10.1. The van der Waals surface area contributed by atoms with Crippen LogP contribution in [0.3, 0.4) is 0 Å². The number of nitrogens with zero attached hydrogens (tertiary/aromatic N) is 2. The number of carboxylic acid groups (broad SMARTS) is 1. The molecule has 0 aliphatic carbocycles. The number of aliphatic carboxylic acids is 1. The molecule has 0 spiro atoms. The third kappa shape index (κ3) is 4.43. The molecule has 1 aliphatic heterocycles. The zero-order chi connectivity index (χ0) is 14.6. The van der Waals surface area contributed by atoms with Crippen molar-refractivity contribution in [3.05, 3.63) is 0 Å². The number of carboxylic acids is 1. The molecular formula is C12H24N2O4S. The van der Waals surface area contributed by atoms with Gasteiger partial charge in [-0.1, -0.05) is 20.3 Å². The largest absolute Gasteiger partial charge is 0.480 e. The summed E-state index contributed by atoms with van der Waals surface area (Å²) in [5, 5.41) is 8.90. The Bertz CT molecular complexity index is 408. The quantitative estimate of drug-likeness (QED) is 0.796. The maximum atomic E-state index is 12.6. The molecule has 1 atom stereocenters. The first-order chi connectivity index (χ1) is 8.75. The minimum Gasteiger partial charge on any atom is -0.480 e. The van der Waals surface area contributed by atoms with Crippen molar-refractivity contribution in [1.29, 1.82) is 0 Å². The molecule has 7 heteroatoms. The van der Waals surface area contributed by atoms with Crippen LogP contribution in [0.15, 0.2) is 0 Å². The molecule has 1 heterocycles. The van der Waals surface area contributed by atoms with Gasteiger partial charge < -0.3 is 5.11 Å². The predicted octanol–water partition coefficient (Wildman–Crippen LogP) is 1.15. The first-order valence-electron chi connectivity index (χ1n) is 6.74. The molecular weight excluding hydrogens is 268 g/mol. The van der Waals surface area contributed by atoms with Crippen LogP contribution in [0.25, 0.3) is 0 Å². The molecule has 6 nitrogen and oxygen atoms in total.